The zero-order valence-electron chi connectivity index (χ0n) is 11.0. The predicted octanol–water partition coefficient (Wildman–Crippen LogP) is 2.05. The van der Waals surface area contributed by atoms with Gasteiger partial charge in [-0.05, 0) is 18.6 Å². The van der Waals surface area contributed by atoms with Crippen LogP contribution in [0.15, 0.2) is 18.2 Å². The van der Waals surface area contributed by atoms with Crippen LogP contribution in [0, 0.1) is 10.1 Å². The quantitative estimate of drug-likeness (QED) is 0.510. The van der Waals surface area contributed by atoms with Gasteiger partial charge in [0, 0.05) is 17.7 Å². The van der Waals surface area contributed by atoms with Gasteiger partial charge in [-0.3, -0.25) is 14.9 Å². The van der Waals surface area contributed by atoms with E-state index in [9.17, 15) is 28.1 Å². The normalized spacial score (nSPS) is 12.8. The standard InChI is InChI=1S/C12H13F3N2O4/c1-21-11(18)6-9(16)5-7-4-8(12(13,14)15)2-3-10(7)17(19)20/h2-4,9H,5-6,16H2,1H3. The molecule has 1 atom stereocenters. The molecule has 2 N–H and O–H groups in total. The van der Waals surface area contributed by atoms with Crippen molar-refractivity contribution in [1.29, 1.82) is 0 Å². The zero-order valence-corrected chi connectivity index (χ0v) is 11.0. The van der Waals surface area contributed by atoms with Crippen molar-refractivity contribution >= 4 is 11.7 Å². The Labute approximate surface area is 117 Å². The van der Waals surface area contributed by atoms with Gasteiger partial charge in [0.25, 0.3) is 5.69 Å². The summed E-state index contributed by atoms with van der Waals surface area (Å²) < 4.78 is 42.3. The molecule has 0 saturated heterocycles. The Morgan fingerprint density at radius 3 is 2.57 bits per heavy atom. The predicted molar refractivity (Wildman–Crippen MR) is 66.4 cm³/mol. The Bertz CT molecular complexity index is 546. The van der Waals surface area contributed by atoms with Gasteiger partial charge in [0.05, 0.1) is 24.0 Å². The first-order valence-electron chi connectivity index (χ1n) is 5.82. The highest BCUT2D eigenvalue weighted by molar-refractivity contribution is 5.70. The van der Waals surface area contributed by atoms with E-state index in [2.05, 4.69) is 4.74 Å². The van der Waals surface area contributed by atoms with Gasteiger partial charge in [0.15, 0.2) is 0 Å². The second-order valence-corrected chi connectivity index (χ2v) is 4.34. The van der Waals surface area contributed by atoms with Crippen LogP contribution < -0.4 is 5.73 Å². The number of halogens is 3. The van der Waals surface area contributed by atoms with Crippen molar-refractivity contribution in [3.63, 3.8) is 0 Å². The van der Waals surface area contributed by atoms with Crippen LogP contribution in [-0.2, 0) is 22.1 Å². The van der Waals surface area contributed by atoms with Gasteiger partial charge in [0.2, 0.25) is 0 Å². The van der Waals surface area contributed by atoms with Crippen LogP contribution >= 0.6 is 0 Å². The van der Waals surface area contributed by atoms with E-state index in [1.807, 2.05) is 0 Å². The Morgan fingerprint density at radius 2 is 2.10 bits per heavy atom. The third kappa shape index (κ3) is 4.71. The summed E-state index contributed by atoms with van der Waals surface area (Å²) >= 11 is 0. The van der Waals surface area contributed by atoms with Crippen LogP contribution in [0.1, 0.15) is 17.5 Å². The van der Waals surface area contributed by atoms with Crippen LogP contribution in [0.5, 0.6) is 0 Å². The molecule has 0 spiro atoms. The van der Waals surface area contributed by atoms with Crippen LogP contribution in [0.3, 0.4) is 0 Å². The molecular weight excluding hydrogens is 293 g/mol. The number of carbonyl (C=O) groups is 1. The van der Waals surface area contributed by atoms with Gasteiger partial charge in [0.1, 0.15) is 0 Å². The largest absolute Gasteiger partial charge is 0.469 e. The smallest absolute Gasteiger partial charge is 0.416 e. The van der Waals surface area contributed by atoms with Gasteiger partial charge in [-0.15, -0.1) is 0 Å². The monoisotopic (exact) mass is 306 g/mol. The van der Waals surface area contributed by atoms with Crippen molar-refractivity contribution in [2.75, 3.05) is 7.11 Å². The molecule has 0 fully saturated rings. The van der Waals surface area contributed by atoms with Crippen molar-refractivity contribution in [2.24, 2.45) is 5.73 Å². The SMILES string of the molecule is COC(=O)CC(N)Cc1cc(C(F)(F)F)ccc1[N+](=O)[O-]. The Balaban J connectivity index is 3.07. The molecule has 0 aliphatic rings. The lowest BCUT2D eigenvalue weighted by atomic mass is 10.00. The third-order valence-electron chi connectivity index (χ3n) is 2.74. The maximum absolute atomic E-state index is 12.6. The van der Waals surface area contributed by atoms with Crippen molar-refractivity contribution in [2.45, 2.75) is 25.1 Å². The topological polar surface area (TPSA) is 95.5 Å². The summed E-state index contributed by atoms with van der Waals surface area (Å²) in [6.07, 6.45) is -5.10. The molecule has 0 amide bonds. The zero-order chi connectivity index (χ0) is 16.2. The Morgan fingerprint density at radius 1 is 1.48 bits per heavy atom. The summed E-state index contributed by atoms with van der Waals surface area (Å²) in [4.78, 5) is 21.1. The molecule has 0 heterocycles. The van der Waals surface area contributed by atoms with Crippen molar-refractivity contribution in [3.05, 3.63) is 39.4 Å². The minimum absolute atomic E-state index is 0.175. The highest BCUT2D eigenvalue weighted by atomic mass is 19.4. The van der Waals surface area contributed by atoms with Gasteiger partial charge >= 0.3 is 12.1 Å². The number of carbonyl (C=O) groups excluding carboxylic acids is 1. The number of nitrogens with zero attached hydrogens (tertiary/aromatic N) is 1. The van der Waals surface area contributed by atoms with Crippen LogP contribution in [0.4, 0.5) is 18.9 Å². The summed E-state index contributed by atoms with van der Waals surface area (Å²) in [5, 5.41) is 10.8. The number of nitrogens with two attached hydrogens (primary N) is 1. The first-order chi connectivity index (χ1) is 9.65. The first-order valence-corrected chi connectivity index (χ1v) is 5.82. The molecule has 0 radical (unpaired) electrons. The highest BCUT2D eigenvalue weighted by Gasteiger charge is 2.32. The Hall–Kier alpha value is -2.16. The van der Waals surface area contributed by atoms with Gasteiger partial charge in [-0.25, -0.2) is 0 Å². The summed E-state index contributed by atoms with van der Waals surface area (Å²) in [6, 6.07) is 1.21. The molecule has 116 valence electrons. The van der Waals surface area contributed by atoms with Crippen molar-refractivity contribution < 1.29 is 27.6 Å². The lowest BCUT2D eigenvalue weighted by molar-refractivity contribution is -0.385. The maximum Gasteiger partial charge on any atom is 0.416 e. The number of esters is 1. The van der Waals surface area contributed by atoms with Crippen LogP contribution in [0.25, 0.3) is 0 Å². The molecule has 0 aliphatic heterocycles. The molecule has 1 rings (SSSR count). The number of hydrogen-bond acceptors (Lipinski definition) is 5. The summed E-state index contributed by atoms with van der Waals surface area (Å²) in [7, 11) is 1.14. The number of rotatable bonds is 5. The first kappa shape index (κ1) is 16.9. The summed E-state index contributed by atoms with van der Waals surface area (Å²) in [6.45, 7) is 0. The molecule has 1 aromatic rings. The van der Waals surface area contributed by atoms with E-state index in [4.69, 9.17) is 5.73 Å². The molecule has 6 nitrogen and oxygen atoms in total. The van der Waals surface area contributed by atoms with E-state index in [0.717, 1.165) is 13.2 Å². The molecule has 1 unspecified atom stereocenters. The molecule has 9 heteroatoms. The van der Waals surface area contributed by atoms with E-state index >= 15 is 0 Å². The maximum atomic E-state index is 12.6. The van der Waals surface area contributed by atoms with Crippen molar-refractivity contribution in [1.82, 2.24) is 0 Å². The number of alkyl halides is 3. The molecule has 0 aromatic heterocycles. The van der Waals surface area contributed by atoms with Gasteiger partial charge < -0.3 is 10.5 Å². The molecule has 0 bridgehead atoms. The minimum atomic E-state index is -4.61. The second kappa shape index (κ2) is 6.53. The second-order valence-electron chi connectivity index (χ2n) is 4.34. The fraction of sp³-hybridized carbons (Fsp3) is 0.417. The number of nitro groups is 1. The van der Waals surface area contributed by atoms with Crippen molar-refractivity contribution in [3.8, 4) is 0 Å². The fourth-order valence-electron chi connectivity index (χ4n) is 1.76. The number of benzene rings is 1. The minimum Gasteiger partial charge on any atom is -0.469 e. The number of hydrogen-bond donors (Lipinski definition) is 1. The molecule has 1 aromatic carbocycles. The van der Waals surface area contributed by atoms with E-state index in [-0.39, 0.29) is 18.4 Å². The molecule has 21 heavy (non-hydrogen) atoms. The van der Waals surface area contributed by atoms with E-state index in [0.29, 0.717) is 12.1 Å². The third-order valence-corrected chi connectivity index (χ3v) is 2.74. The molecular formula is C12H13F3N2O4. The average Bonchev–Trinajstić information content (AvgIpc) is 2.36. The van der Waals surface area contributed by atoms with Gasteiger partial charge in [-0.1, -0.05) is 0 Å². The lowest BCUT2D eigenvalue weighted by Crippen LogP contribution is -2.27. The summed E-state index contributed by atoms with van der Waals surface area (Å²) in [5.41, 5.74) is 3.96. The Kier molecular flexibility index (Phi) is 5.25. The highest BCUT2D eigenvalue weighted by Crippen LogP contribution is 2.32. The number of methoxy groups -OCH3 is 1. The molecule has 0 saturated carbocycles. The lowest BCUT2D eigenvalue weighted by Gasteiger charge is -2.13. The fourth-order valence-corrected chi connectivity index (χ4v) is 1.76. The average molecular weight is 306 g/mol. The summed E-state index contributed by atoms with van der Waals surface area (Å²) in [5.74, 6) is -0.642. The van der Waals surface area contributed by atoms with E-state index < -0.39 is 34.4 Å². The number of nitro benzene ring substituents is 1. The van der Waals surface area contributed by atoms with Crippen LogP contribution in [-0.4, -0.2) is 24.0 Å². The van der Waals surface area contributed by atoms with E-state index in [1.165, 1.54) is 0 Å². The van der Waals surface area contributed by atoms with Gasteiger partial charge in [-0.2, -0.15) is 13.2 Å². The number of ether oxygens (including phenoxy) is 1. The molecule has 0 aliphatic carbocycles. The van der Waals surface area contributed by atoms with Crippen LogP contribution in [0.2, 0.25) is 0 Å². The van der Waals surface area contributed by atoms with E-state index in [1.54, 1.807) is 0 Å².